The summed E-state index contributed by atoms with van der Waals surface area (Å²) in [5.41, 5.74) is 1.09. The highest BCUT2D eigenvalue weighted by Crippen LogP contribution is 2.45. The second-order valence-electron chi connectivity index (χ2n) is 10.3. The SMILES string of the molecule is FC(F)(F)c1cccc(CN2CCN(CCNCc3nc(C4(c5ccc(Cl)cc5)CCCC4)no3)CC2)c1. The second kappa shape index (κ2) is 11.7. The van der Waals surface area contributed by atoms with Gasteiger partial charge in [0.2, 0.25) is 5.89 Å². The minimum absolute atomic E-state index is 0.208. The van der Waals surface area contributed by atoms with Gasteiger partial charge in [-0.3, -0.25) is 9.80 Å². The van der Waals surface area contributed by atoms with Crippen molar-refractivity contribution >= 4 is 11.6 Å². The molecule has 1 aromatic heterocycles. The van der Waals surface area contributed by atoms with Crippen molar-refractivity contribution in [2.75, 3.05) is 39.3 Å². The summed E-state index contributed by atoms with van der Waals surface area (Å²) in [7, 11) is 0. The van der Waals surface area contributed by atoms with E-state index in [0.29, 0.717) is 24.5 Å². The molecule has 2 fully saturated rings. The first-order valence-electron chi connectivity index (χ1n) is 13.2. The maximum atomic E-state index is 13.0. The van der Waals surface area contributed by atoms with Gasteiger partial charge in [-0.1, -0.05) is 59.9 Å². The molecule has 0 unspecified atom stereocenters. The van der Waals surface area contributed by atoms with Crippen LogP contribution in [0.1, 0.15) is 54.1 Å². The maximum absolute atomic E-state index is 13.0. The molecule has 2 aliphatic rings. The number of nitrogens with one attached hydrogen (secondary N) is 1. The number of aromatic nitrogens is 2. The number of halogens is 4. The zero-order chi connectivity index (χ0) is 26.6. The summed E-state index contributed by atoms with van der Waals surface area (Å²) in [5, 5.41) is 8.49. The quantitative estimate of drug-likeness (QED) is 0.357. The van der Waals surface area contributed by atoms with Crippen LogP contribution < -0.4 is 5.32 Å². The van der Waals surface area contributed by atoms with E-state index in [1.165, 1.54) is 17.7 Å². The van der Waals surface area contributed by atoms with E-state index in [1.54, 1.807) is 6.07 Å². The van der Waals surface area contributed by atoms with Crippen LogP contribution in [0, 0.1) is 0 Å². The molecule has 3 aromatic rings. The monoisotopic (exact) mass is 547 g/mol. The summed E-state index contributed by atoms with van der Waals surface area (Å²) >= 11 is 6.10. The van der Waals surface area contributed by atoms with Gasteiger partial charge in [-0.2, -0.15) is 18.2 Å². The molecule has 1 aliphatic heterocycles. The van der Waals surface area contributed by atoms with E-state index in [0.717, 1.165) is 81.9 Å². The molecule has 1 saturated heterocycles. The van der Waals surface area contributed by atoms with Gasteiger partial charge in [0.15, 0.2) is 5.82 Å². The molecule has 1 aliphatic carbocycles. The average Bonchev–Trinajstić information content (AvgIpc) is 3.59. The standard InChI is InChI=1S/C28H33ClF3N5O/c29-24-8-6-22(7-9-24)27(10-1-2-11-27)26-34-25(38-35-26)19-33-12-13-36-14-16-37(17-15-36)20-21-4-3-5-23(18-21)28(30,31)32/h3-9,18,33H,1-2,10-17,19-20H2. The lowest BCUT2D eigenvalue weighted by molar-refractivity contribution is -0.137. The Morgan fingerprint density at radius 3 is 2.39 bits per heavy atom. The van der Waals surface area contributed by atoms with Crippen LogP contribution in [0.5, 0.6) is 0 Å². The zero-order valence-corrected chi connectivity index (χ0v) is 22.1. The zero-order valence-electron chi connectivity index (χ0n) is 21.3. The molecule has 2 aromatic carbocycles. The minimum atomic E-state index is -4.31. The van der Waals surface area contributed by atoms with Crippen LogP contribution in [0.3, 0.4) is 0 Å². The first-order valence-corrected chi connectivity index (χ1v) is 13.6. The van der Waals surface area contributed by atoms with Gasteiger partial charge in [0.05, 0.1) is 17.5 Å². The average molecular weight is 548 g/mol. The van der Waals surface area contributed by atoms with Gasteiger partial charge >= 0.3 is 6.18 Å². The third-order valence-corrected chi connectivity index (χ3v) is 8.01. The summed E-state index contributed by atoms with van der Waals surface area (Å²) < 4.78 is 44.5. The number of hydrogen-bond donors (Lipinski definition) is 1. The fraction of sp³-hybridized carbons (Fsp3) is 0.500. The Labute approximate surface area is 226 Å². The molecule has 0 atom stereocenters. The molecule has 204 valence electrons. The molecule has 2 heterocycles. The van der Waals surface area contributed by atoms with E-state index in [-0.39, 0.29) is 5.41 Å². The van der Waals surface area contributed by atoms with E-state index in [4.69, 9.17) is 21.1 Å². The second-order valence-corrected chi connectivity index (χ2v) is 10.7. The lowest BCUT2D eigenvalue weighted by Crippen LogP contribution is -2.47. The molecular weight excluding hydrogens is 515 g/mol. The van der Waals surface area contributed by atoms with Crippen molar-refractivity contribution < 1.29 is 17.7 Å². The first kappa shape index (κ1) is 27.1. The van der Waals surface area contributed by atoms with Crippen LogP contribution in [0.25, 0.3) is 0 Å². The van der Waals surface area contributed by atoms with Crippen LogP contribution >= 0.6 is 11.6 Å². The smallest absolute Gasteiger partial charge is 0.338 e. The molecule has 38 heavy (non-hydrogen) atoms. The topological polar surface area (TPSA) is 57.4 Å². The highest BCUT2D eigenvalue weighted by Gasteiger charge is 2.41. The lowest BCUT2D eigenvalue weighted by Gasteiger charge is -2.34. The molecule has 0 amide bonds. The van der Waals surface area contributed by atoms with Gasteiger partial charge in [-0.25, -0.2) is 0 Å². The summed E-state index contributed by atoms with van der Waals surface area (Å²) in [6.07, 6.45) is -0.0312. The van der Waals surface area contributed by atoms with Gasteiger partial charge in [-0.15, -0.1) is 0 Å². The first-order chi connectivity index (χ1) is 18.3. The molecule has 1 saturated carbocycles. The number of rotatable bonds is 9. The van der Waals surface area contributed by atoms with E-state index >= 15 is 0 Å². The van der Waals surface area contributed by atoms with Gasteiger partial charge in [0.25, 0.3) is 0 Å². The molecule has 1 N–H and O–H groups in total. The highest BCUT2D eigenvalue weighted by atomic mass is 35.5. The number of alkyl halides is 3. The normalized spacial score (nSPS) is 18.7. The van der Waals surface area contributed by atoms with Crippen molar-refractivity contribution in [3.63, 3.8) is 0 Å². The number of nitrogens with zero attached hydrogens (tertiary/aromatic N) is 4. The summed E-state index contributed by atoms with van der Waals surface area (Å²) in [6.45, 7) is 6.14. The fourth-order valence-electron chi connectivity index (χ4n) is 5.62. The predicted molar refractivity (Wildman–Crippen MR) is 140 cm³/mol. The molecule has 0 bridgehead atoms. The molecule has 6 nitrogen and oxygen atoms in total. The van der Waals surface area contributed by atoms with Gasteiger partial charge in [0, 0.05) is 50.8 Å². The van der Waals surface area contributed by atoms with E-state index in [1.807, 2.05) is 12.1 Å². The van der Waals surface area contributed by atoms with E-state index in [2.05, 4.69) is 32.4 Å². The Bertz CT molecular complexity index is 1190. The Morgan fingerprint density at radius 1 is 0.974 bits per heavy atom. The van der Waals surface area contributed by atoms with Crippen LogP contribution in [0.2, 0.25) is 5.02 Å². The lowest BCUT2D eigenvalue weighted by atomic mass is 9.78. The summed E-state index contributed by atoms with van der Waals surface area (Å²) in [5.74, 6) is 1.34. The Morgan fingerprint density at radius 2 is 1.68 bits per heavy atom. The predicted octanol–water partition coefficient (Wildman–Crippen LogP) is 5.51. The van der Waals surface area contributed by atoms with Crippen LogP contribution in [0.4, 0.5) is 13.2 Å². The van der Waals surface area contributed by atoms with Gasteiger partial charge in [0.1, 0.15) is 0 Å². The molecular formula is C28H33ClF3N5O. The molecule has 0 spiro atoms. The number of benzene rings is 2. The van der Waals surface area contributed by atoms with Crippen molar-refractivity contribution in [2.45, 2.75) is 50.4 Å². The van der Waals surface area contributed by atoms with E-state index < -0.39 is 11.7 Å². The Kier molecular flexibility index (Phi) is 8.38. The molecule has 5 rings (SSSR count). The maximum Gasteiger partial charge on any atom is 0.416 e. The van der Waals surface area contributed by atoms with Crippen LogP contribution in [-0.2, 0) is 24.7 Å². The Hall–Kier alpha value is -2.46. The van der Waals surface area contributed by atoms with Crippen molar-refractivity contribution in [1.29, 1.82) is 0 Å². The summed E-state index contributed by atoms with van der Waals surface area (Å²) in [4.78, 5) is 9.33. The third-order valence-electron chi connectivity index (χ3n) is 7.76. The van der Waals surface area contributed by atoms with E-state index in [9.17, 15) is 13.2 Å². The van der Waals surface area contributed by atoms with Gasteiger partial charge in [-0.05, 0) is 42.2 Å². The van der Waals surface area contributed by atoms with Crippen molar-refractivity contribution in [3.8, 4) is 0 Å². The van der Waals surface area contributed by atoms with Crippen molar-refractivity contribution in [2.24, 2.45) is 0 Å². The minimum Gasteiger partial charge on any atom is -0.338 e. The third kappa shape index (κ3) is 6.39. The van der Waals surface area contributed by atoms with Crippen LogP contribution in [0.15, 0.2) is 53.1 Å². The molecule has 0 radical (unpaired) electrons. The molecule has 10 heteroatoms. The van der Waals surface area contributed by atoms with Crippen LogP contribution in [-0.4, -0.2) is 59.2 Å². The number of piperazine rings is 1. The Balaban J connectivity index is 1.06. The van der Waals surface area contributed by atoms with Crippen molar-refractivity contribution in [1.82, 2.24) is 25.3 Å². The summed E-state index contributed by atoms with van der Waals surface area (Å²) in [6, 6.07) is 13.6. The highest BCUT2D eigenvalue weighted by molar-refractivity contribution is 6.30. The fourth-order valence-corrected chi connectivity index (χ4v) is 5.74. The largest absolute Gasteiger partial charge is 0.416 e. The number of hydrogen-bond acceptors (Lipinski definition) is 6. The van der Waals surface area contributed by atoms with Gasteiger partial charge < -0.3 is 9.84 Å². The van der Waals surface area contributed by atoms with Crippen molar-refractivity contribution in [3.05, 3.63) is 82.0 Å².